The van der Waals surface area contributed by atoms with Crippen LogP contribution < -0.4 is 10.4 Å². The molecule has 3 rings (SSSR count). The average Bonchev–Trinajstić information content (AvgIpc) is 2.91. The summed E-state index contributed by atoms with van der Waals surface area (Å²) >= 11 is 12.4. The van der Waals surface area contributed by atoms with Gasteiger partial charge in [0.15, 0.2) is 0 Å². The number of benzene rings is 2. The maximum atomic E-state index is 12.6. The summed E-state index contributed by atoms with van der Waals surface area (Å²) in [4.78, 5) is 37.3. The molecule has 0 spiro atoms. The molecule has 1 aliphatic rings. The Morgan fingerprint density at radius 1 is 1.21 bits per heavy atom. The third-order valence-corrected chi connectivity index (χ3v) is 5.47. The van der Waals surface area contributed by atoms with Crippen molar-refractivity contribution in [3.63, 3.8) is 0 Å². The second kappa shape index (κ2) is 8.55. The van der Waals surface area contributed by atoms with Gasteiger partial charge in [-0.15, -0.1) is 0 Å². The smallest absolute Gasteiger partial charge is 0.266 e. The first-order valence-electron chi connectivity index (χ1n) is 7.96. The summed E-state index contributed by atoms with van der Waals surface area (Å²) in [7, 11) is 0. The fourth-order valence-electron chi connectivity index (χ4n) is 2.44. The van der Waals surface area contributed by atoms with Crippen molar-refractivity contribution < 1.29 is 19.5 Å². The highest BCUT2D eigenvalue weighted by Crippen LogP contribution is 2.33. The van der Waals surface area contributed by atoms with Crippen LogP contribution in [0, 0.1) is 0 Å². The molecule has 2 aromatic carbocycles. The molecule has 0 unspecified atom stereocenters. The van der Waals surface area contributed by atoms with Crippen LogP contribution in [0.3, 0.4) is 0 Å². The maximum Gasteiger partial charge on any atom is 0.266 e. The normalized spacial score (nSPS) is 15.2. The first kappa shape index (κ1) is 20.1. The summed E-state index contributed by atoms with van der Waals surface area (Å²) in [5, 5.41) is 13.9. The minimum Gasteiger partial charge on any atom is -0.545 e. The van der Waals surface area contributed by atoms with E-state index in [1.54, 1.807) is 30.3 Å². The Bertz CT molecular complexity index is 1020. The number of carbonyl (C=O) groups excluding carboxylic acids is 3. The number of nitrogens with zero attached hydrogens (tertiary/aromatic N) is 1. The van der Waals surface area contributed by atoms with E-state index in [0.717, 1.165) is 11.8 Å². The molecule has 142 valence electrons. The molecule has 1 aliphatic heterocycles. The third-order valence-electron chi connectivity index (χ3n) is 3.75. The molecule has 0 saturated carbocycles. The van der Waals surface area contributed by atoms with Crippen molar-refractivity contribution in [2.24, 2.45) is 0 Å². The van der Waals surface area contributed by atoms with Crippen LogP contribution in [0.1, 0.15) is 15.9 Å². The van der Waals surface area contributed by atoms with Gasteiger partial charge in [-0.05, 0) is 35.4 Å². The summed E-state index contributed by atoms with van der Waals surface area (Å²) in [5.74, 6) is -2.25. The first-order valence-corrected chi connectivity index (χ1v) is 9.56. The quantitative estimate of drug-likeness (QED) is 0.578. The van der Waals surface area contributed by atoms with E-state index < -0.39 is 17.8 Å². The number of carbonyl (C=O) groups is 3. The van der Waals surface area contributed by atoms with E-state index in [1.807, 2.05) is 0 Å². The van der Waals surface area contributed by atoms with Gasteiger partial charge in [-0.25, -0.2) is 0 Å². The van der Waals surface area contributed by atoms with Crippen LogP contribution in [-0.2, 0) is 9.59 Å². The predicted molar refractivity (Wildman–Crippen MR) is 111 cm³/mol. The fourth-order valence-corrected chi connectivity index (χ4v) is 3.87. The van der Waals surface area contributed by atoms with Gasteiger partial charge in [0, 0.05) is 10.7 Å². The van der Waals surface area contributed by atoms with Crippen molar-refractivity contribution in [1.82, 2.24) is 4.90 Å². The third kappa shape index (κ3) is 4.59. The lowest BCUT2D eigenvalue weighted by Gasteiger charge is -2.14. The topological polar surface area (TPSA) is 89.5 Å². The van der Waals surface area contributed by atoms with Crippen molar-refractivity contribution in [2.45, 2.75) is 0 Å². The molecule has 28 heavy (non-hydrogen) atoms. The Kier molecular flexibility index (Phi) is 6.13. The van der Waals surface area contributed by atoms with Gasteiger partial charge >= 0.3 is 0 Å². The van der Waals surface area contributed by atoms with Gasteiger partial charge in [0.2, 0.25) is 5.91 Å². The zero-order valence-electron chi connectivity index (χ0n) is 14.2. The molecule has 0 atom stereocenters. The Morgan fingerprint density at radius 3 is 2.68 bits per heavy atom. The van der Waals surface area contributed by atoms with Crippen molar-refractivity contribution in [3.8, 4) is 0 Å². The summed E-state index contributed by atoms with van der Waals surface area (Å²) in [5.41, 5.74) is 0.892. The number of carboxylic acids is 1. The monoisotopic (exact) mass is 431 g/mol. The molecule has 0 bridgehead atoms. The number of anilines is 1. The number of hydrogen-bond acceptors (Lipinski definition) is 6. The summed E-state index contributed by atoms with van der Waals surface area (Å²) in [6.45, 7) is -0.292. The van der Waals surface area contributed by atoms with Crippen LogP contribution in [0.25, 0.3) is 6.08 Å². The molecule has 6 nitrogen and oxygen atoms in total. The molecule has 2 amide bonds. The highest BCUT2D eigenvalue weighted by molar-refractivity contribution is 8.26. The second-order valence-corrected chi connectivity index (χ2v) is 7.79. The van der Waals surface area contributed by atoms with Crippen LogP contribution in [0.4, 0.5) is 5.69 Å². The molecule has 9 heteroatoms. The molecular weight excluding hydrogens is 420 g/mol. The van der Waals surface area contributed by atoms with Crippen LogP contribution in [0.15, 0.2) is 53.4 Å². The molecule has 2 aromatic rings. The number of carboxylic acid groups (broad SMARTS) is 1. The Labute approximate surface area is 175 Å². The number of hydrogen-bond donors (Lipinski definition) is 1. The van der Waals surface area contributed by atoms with Gasteiger partial charge in [-0.1, -0.05) is 65.9 Å². The van der Waals surface area contributed by atoms with Crippen molar-refractivity contribution in [2.75, 3.05) is 11.9 Å². The van der Waals surface area contributed by atoms with E-state index in [4.69, 9.17) is 23.8 Å². The van der Waals surface area contributed by atoms with E-state index in [0.29, 0.717) is 15.5 Å². The van der Waals surface area contributed by atoms with E-state index >= 15 is 0 Å². The number of halogens is 1. The number of aromatic carboxylic acids is 1. The molecule has 1 heterocycles. The molecule has 0 radical (unpaired) electrons. The van der Waals surface area contributed by atoms with Crippen LogP contribution in [-0.4, -0.2) is 33.5 Å². The Hall–Kier alpha value is -2.68. The van der Waals surface area contributed by atoms with Gasteiger partial charge in [-0.2, -0.15) is 0 Å². The minimum atomic E-state index is -1.35. The van der Waals surface area contributed by atoms with Crippen LogP contribution in [0.5, 0.6) is 0 Å². The molecule has 1 fully saturated rings. The summed E-state index contributed by atoms with van der Waals surface area (Å²) < 4.78 is 0.252. The van der Waals surface area contributed by atoms with Gasteiger partial charge in [0.05, 0.1) is 10.9 Å². The lowest BCUT2D eigenvalue weighted by molar-refractivity contribution is -0.255. The SMILES string of the molecule is O=C(CN1C(=O)/C(=C/c2ccccc2Cl)SC1=S)Nc1cccc(C(=O)[O-])c1. The fraction of sp³-hybridized carbons (Fsp3) is 0.0526. The molecule has 1 N–H and O–H groups in total. The lowest BCUT2D eigenvalue weighted by atomic mass is 10.2. The van der Waals surface area contributed by atoms with Gasteiger partial charge in [0.25, 0.3) is 5.91 Å². The zero-order valence-corrected chi connectivity index (χ0v) is 16.6. The number of rotatable bonds is 5. The van der Waals surface area contributed by atoms with E-state index in [-0.39, 0.29) is 22.1 Å². The maximum absolute atomic E-state index is 12.6. The molecule has 1 saturated heterocycles. The van der Waals surface area contributed by atoms with E-state index in [2.05, 4.69) is 5.32 Å². The number of amides is 2. The zero-order chi connectivity index (χ0) is 20.3. The standard InChI is InChI=1S/C19H13ClN2O4S2/c20-14-7-2-1-4-11(14)9-15-17(24)22(19(27)28-15)10-16(23)21-13-6-3-5-12(8-13)18(25)26/h1-9H,10H2,(H,21,23)(H,25,26)/p-1/b15-9-. The Morgan fingerprint density at radius 2 is 1.96 bits per heavy atom. The lowest BCUT2D eigenvalue weighted by Crippen LogP contribution is -2.36. The van der Waals surface area contributed by atoms with Gasteiger partial charge in [0.1, 0.15) is 10.9 Å². The largest absolute Gasteiger partial charge is 0.545 e. The number of thiocarbonyl (C=S) groups is 1. The molecule has 0 aromatic heterocycles. The van der Waals surface area contributed by atoms with Crippen molar-refractivity contribution in [1.29, 1.82) is 0 Å². The highest BCUT2D eigenvalue weighted by Gasteiger charge is 2.33. The van der Waals surface area contributed by atoms with Crippen molar-refractivity contribution >= 4 is 69.4 Å². The average molecular weight is 432 g/mol. The van der Waals surface area contributed by atoms with Gasteiger partial charge < -0.3 is 15.2 Å². The predicted octanol–water partition coefficient (Wildman–Crippen LogP) is 2.54. The van der Waals surface area contributed by atoms with Crippen LogP contribution in [0.2, 0.25) is 5.02 Å². The molecular formula is C19H12ClN2O4S2-. The minimum absolute atomic E-state index is 0.0638. The first-order chi connectivity index (χ1) is 13.3. The molecule has 0 aliphatic carbocycles. The Balaban J connectivity index is 1.71. The highest BCUT2D eigenvalue weighted by atomic mass is 35.5. The van der Waals surface area contributed by atoms with E-state index in [1.165, 1.54) is 29.2 Å². The number of thioether (sulfide) groups is 1. The van der Waals surface area contributed by atoms with E-state index in [9.17, 15) is 19.5 Å². The van der Waals surface area contributed by atoms with Crippen LogP contribution >= 0.6 is 35.6 Å². The van der Waals surface area contributed by atoms with Gasteiger partial charge in [-0.3, -0.25) is 14.5 Å². The summed E-state index contributed by atoms with van der Waals surface area (Å²) in [6.07, 6.45) is 1.63. The van der Waals surface area contributed by atoms with Crippen molar-refractivity contribution in [3.05, 3.63) is 69.6 Å². The summed E-state index contributed by atoms with van der Waals surface area (Å²) in [6, 6.07) is 12.7. The second-order valence-electron chi connectivity index (χ2n) is 5.71. The number of nitrogens with one attached hydrogen (secondary N) is 1.